The first-order valence-electron chi connectivity index (χ1n) is 6.69. The lowest BCUT2D eigenvalue weighted by atomic mass is 10.1. The van der Waals surface area contributed by atoms with Crippen LogP contribution in [0.1, 0.15) is 15.9 Å². The number of ketones is 1. The average molecular weight is 288 g/mol. The molecule has 0 aromatic heterocycles. The van der Waals surface area contributed by atoms with Crippen molar-refractivity contribution in [3.63, 3.8) is 0 Å². The largest absolute Gasteiger partial charge is 0.485 e. The molecule has 0 fully saturated rings. The van der Waals surface area contributed by atoms with E-state index in [1.54, 1.807) is 31.4 Å². The molecule has 0 bridgehead atoms. The lowest BCUT2D eigenvalue weighted by Crippen LogP contribution is -2.13. The normalized spacial score (nSPS) is 10.4. The second-order valence-corrected chi connectivity index (χ2v) is 4.58. The van der Waals surface area contributed by atoms with Crippen LogP contribution >= 0.6 is 0 Å². The number of ether oxygens (including phenoxy) is 2. The van der Waals surface area contributed by atoms with Crippen LogP contribution in [0.4, 0.5) is 4.39 Å². The monoisotopic (exact) mass is 288 g/mol. The molecule has 0 aliphatic rings. The zero-order chi connectivity index (χ0) is 15.1. The van der Waals surface area contributed by atoms with Crippen molar-refractivity contribution in [1.29, 1.82) is 0 Å². The van der Waals surface area contributed by atoms with Gasteiger partial charge in [0, 0.05) is 7.11 Å². The molecule has 3 nitrogen and oxygen atoms in total. The van der Waals surface area contributed by atoms with Crippen LogP contribution in [0.25, 0.3) is 0 Å². The van der Waals surface area contributed by atoms with Crippen molar-refractivity contribution < 1.29 is 18.7 Å². The van der Waals surface area contributed by atoms with Gasteiger partial charge in [-0.25, -0.2) is 4.39 Å². The Hall–Kier alpha value is -2.20. The Kier molecular flexibility index (Phi) is 5.46. The molecule has 110 valence electrons. The Morgan fingerprint density at radius 2 is 1.81 bits per heavy atom. The second-order valence-electron chi connectivity index (χ2n) is 4.58. The number of methoxy groups -OCH3 is 1. The van der Waals surface area contributed by atoms with E-state index >= 15 is 0 Å². The van der Waals surface area contributed by atoms with Gasteiger partial charge < -0.3 is 9.47 Å². The fourth-order valence-electron chi connectivity index (χ4n) is 1.89. The van der Waals surface area contributed by atoms with E-state index in [1.165, 1.54) is 12.1 Å². The highest BCUT2D eigenvalue weighted by molar-refractivity contribution is 5.97. The second kappa shape index (κ2) is 7.55. The highest BCUT2D eigenvalue weighted by Crippen LogP contribution is 2.14. The molecule has 0 spiro atoms. The maximum atomic E-state index is 13.4. The third-order valence-corrected chi connectivity index (χ3v) is 3.06. The van der Waals surface area contributed by atoms with Gasteiger partial charge in [-0.1, -0.05) is 24.3 Å². The molecule has 0 saturated carbocycles. The summed E-state index contributed by atoms with van der Waals surface area (Å²) in [7, 11) is 1.66. The maximum Gasteiger partial charge on any atom is 0.203 e. The summed E-state index contributed by atoms with van der Waals surface area (Å²) in [5.41, 5.74) is 1.18. The first kappa shape index (κ1) is 15.2. The van der Waals surface area contributed by atoms with Gasteiger partial charge in [-0.2, -0.15) is 0 Å². The predicted molar refractivity (Wildman–Crippen MR) is 78.2 cm³/mol. The number of hydrogen-bond acceptors (Lipinski definition) is 3. The number of Topliss-reactive ketones (excluding diaryl/α,β-unsaturated/α-hetero) is 1. The Balaban J connectivity index is 1.91. The van der Waals surface area contributed by atoms with E-state index in [2.05, 4.69) is 0 Å². The maximum absolute atomic E-state index is 13.4. The van der Waals surface area contributed by atoms with E-state index in [0.29, 0.717) is 12.4 Å². The Morgan fingerprint density at radius 3 is 2.48 bits per heavy atom. The lowest BCUT2D eigenvalue weighted by molar-refractivity contribution is 0.0917. The van der Waals surface area contributed by atoms with E-state index < -0.39 is 5.82 Å². The summed E-state index contributed by atoms with van der Waals surface area (Å²) in [5.74, 6) is -0.321. The van der Waals surface area contributed by atoms with Gasteiger partial charge >= 0.3 is 0 Å². The average Bonchev–Trinajstić information content (AvgIpc) is 2.52. The van der Waals surface area contributed by atoms with Crippen molar-refractivity contribution in [1.82, 2.24) is 0 Å². The highest BCUT2D eigenvalue weighted by Gasteiger charge is 2.11. The Bertz CT molecular complexity index is 593. The molecular weight excluding hydrogens is 271 g/mol. The fourth-order valence-corrected chi connectivity index (χ4v) is 1.89. The first-order chi connectivity index (χ1) is 10.2. The van der Waals surface area contributed by atoms with Crippen molar-refractivity contribution in [2.24, 2.45) is 0 Å². The molecule has 2 aromatic rings. The molecule has 2 aromatic carbocycles. The molecule has 0 aliphatic carbocycles. The van der Waals surface area contributed by atoms with Gasteiger partial charge in [-0.05, 0) is 36.2 Å². The van der Waals surface area contributed by atoms with Crippen molar-refractivity contribution in [3.8, 4) is 5.75 Å². The van der Waals surface area contributed by atoms with Crippen LogP contribution in [-0.2, 0) is 11.2 Å². The Morgan fingerprint density at radius 1 is 1.10 bits per heavy atom. The number of carbonyl (C=O) groups is 1. The zero-order valence-electron chi connectivity index (χ0n) is 11.8. The molecular formula is C17H17FO3. The van der Waals surface area contributed by atoms with Crippen molar-refractivity contribution >= 4 is 5.78 Å². The fraction of sp³-hybridized carbons (Fsp3) is 0.235. The topological polar surface area (TPSA) is 35.5 Å². The molecule has 21 heavy (non-hydrogen) atoms. The van der Waals surface area contributed by atoms with Crippen LogP contribution in [0.15, 0.2) is 48.5 Å². The number of halogens is 1. The molecule has 2 rings (SSSR count). The van der Waals surface area contributed by atoms with E-state index in [9.17, 15) is 9.18 Å². The highest BCUT2D eigenvalue weighted by atomic mass is 19.1. The lowest BCUT2D eigenvalue weighted by Gasteiger charge is -2.07. The summed E-state index contributed by atoms with van der Waals surface area (Å²) in [5, 5.41) is 0. The van der Waals surface area contributed by atoms with E-state index in [4.69, 9.17) is 9.47 Å². The van der Waals surface area contributed by atoms with Crippen molar-refractivity contribution in [2.75, 3.05) is 20.3 Å². The molecule has 0 unspecified atom stereocenters. The predicted octanol–water partition coefficient (Wildman–Crippen LogP) is 3.28. The van der Waals surface area contributed by atoms with Crippen molar-refractivity contribution in [2.45, 2.75) is 6.42 Å². The van der Waals surface area contributed by atoms with Gasteiger partial charge in [0.05, 0.1) is 12.2 Å². The van der Waals surface area contributed by atoms with Crippen LogP contribution < -0.4 is 4.74 Å². The standard InChI is InChI=1S/C17H17FO3/c1-20-11-10-13-6-8-14(9-7-13)21-12-17(19)15-4-2-3-5-16(15)18/h2-9H,10-12H2,1H3. The molecule has 0 amide bonds. The van der Waals surface area contributed by atoms with E-state index in [0.717, 1.165) is 12.0 Å². The van der Waals surface area contributed by atoms with Gasteiger partial charge in [-0.3, -0.25) is 4.79 Å². The summed E-state index contributed by atoms with van der Waals surface area (Å²) in [6.45, 7) is 0.477. The third-order valence-electron chi connectivity index (χ3n) is 3.06. The van der Waals surface area contributed by atoms with Gasteiger partial charge in [0.25, 0.3) is 0 Å². The van der Waals surface area contributed by atoms with Gasteiger partial charge in [-0.15, -0.1) is 0 Å². The summed E-state index contributed by atoms with van der Waals surface area (Å²) in [6, 6.07) is 13.3. The molecule has 0 aliphatic heterocycles. The number of benzene rings is 2. The van der Waals surface area contributed by atoms with Crippen molar-refractivity contribution in [3.05, 3.63) is 65.5 Å². The summed E-state index contributed by atoms with van der Waals surface area (Å²) in [6.07, 6.45) is 0.824. The van der Waals surface area contributed by atoms with Crippen LogP contribution in [0.2, 0.25) is 0 Å². The van der Waals surface area contributed by atoms with Crippen LogP contribution in [0, 0.1) is 5.82 Å². The molecule has 0 saturated heterocycles. The number of rotatable bonds is 7. The summed E-state index contributed by atoms with van der Waals surface area (Å²) < 4.78 is 23.8. The number of carbonyl (C=O) groups excluding carboxylic acids is 1. The van der Waals surface area contributed by atoms with Gasteiger partial charge in [0.1, 0.15) is 11.6 Å². The molecule has 0 radical (unpaired) electrons. The molecule has 4 heteroatoms. The molecule has 0 heterocycles. The molecule has 0 N–H and O–H groups in total. The van der Waals surface area contributed by atoms with Crippen LogP contribution in [0.5, 0.6) is 5.75 Å². The smallest absolute Gasteiger partial charge is 0.203 e. The first-order valence-corrected chi connectivity index (χ1v) is 6.69. The van der Waals surface area contributed by atoms with Crippen LogP contribution in [0.3, 0.4) is 0 Å². The van der Waals surface area contributed by atoms with Gasteiger partial charge in [0.2, 0.25) is 5.78 Å². The van der Waals surface area contributed by atoms with Gasteiger partial charge in [0.15, 0.2) is 6.61 Å². The summed E-state index contributed by atoms with van der Waals surface area (Å²) in [4.78, 5) is 11.9. The summed E-state index contributed by atoms with van der Waals surface area (Å²) >= 11 is 0. The van der Waals surface area contributed by atoms with E-state index in [1.807, 2.05) is 12.1 Å². The Labute approximate surface area is 123 Å². The SMILES string of the molecule is COCCc1ccc(OCC(=O)c2ccccc2F)cc1. The number of hydrogen-bond donors (Lipinski definition) is 0. The minimum atomic E-state index is -0.527. The third kappa shape index (κ3) is 4.39. The zero-order valence-corrected chi connectivity index (χ0v) is 11.8. The minimum absolute atomic E-state index is 0.0502. The van der Waals surface area contributed by atoms with E-state index in [-0.39, 0.29) is 18.0 Å². The van der Waals surface area contributed by atoms with Crippen LogP contribution in [-0.4, -0.2) is 26.1 Å². The quantitative estimate of drug-likeness (QED) is 0.733. The molecule has 0 atom stereocenters. The minimum Gasteiger partial charge on any atom is -0.485 e.